The minimum atomic E-state index is -0.910. The first kappa shape index (κ1) is 29.2. The van der Waals surface area contributed by atoms with Crippen molar-refractivity contribution < 1.29 is 42.9 Å². The van der Waals surface area contributed by atoms with Crippen LogP contribution in [0.3, 0.4) is 0 Å². The zero-order chi connectivity index (χ0) is 28.8. The van der Waals surface area contributed by atoms with Gasteiger partial charge in [0.15, 0.2) is 12.4 Å². The van der Waals surface area contributed by atoms with Crippen LogP contribution in [0.4, 0.5) is 0 Å². The molecule has 10 atom stereocenters. The van der Waals surface area contributed by atoms with Crippen molar-refractivity contribution in [1.29, 1.82) is 0 Å². The van der Waals surface area contributed by atoms with Crippen molar-refractivity contribution in [2.45, 2.75) is 123 Å². The molecule has 0 aromatic heterocycles. The summed E-state index contributed by atoms with van der Waals surface area (Å²) in [6, 6.07) is 0. The first-order valence-corrected chi connectivity index (χ1v) is 14.9. The van der Waals surface area contributed by atoms with Gasteiger partial charge in [0, 0.05) is 39.0 Å². The van der Waals surface area contributed by atoms with E-state index in [-0.39, 0.29) is 30.0 Å². The first-order valence-electron chi connectivity index (χ1n) is 14.9. The van der Waals surface area contributed by atoms with E-state index < -0.39 is 42.5 Å². The van der Waals surface area contributed by atoms with Crippen LogP contribution in [-0.4, -0.2) is 61.0 Å². The van der Waals surface area contributed by atoms with Gasteiger partial charge in [-0.15, -0.1) is 0 Å². The summed E-state index contributed by atoms with van der Waals surface area (Å²) in [6.07, 6.45) is 6.93. The van der Waals surface area contributed by atoms with Crippen LogP contribution in [0.15, 0.2) is 11.6 Å². The molecule has 3 saturated carbocycles. The van der Waals surface area contributed by atoms with Gasteiger partial charge in [0.05, 0.1) is 6.10 Å². The molecule has 0 aromatic carbocycles. The highest BCUT2D eigenvalue weighted by atomic mass is 16.7. The number of hydrogen-bond donors (Lipinski definition) is 0. The lowest BCUT2D eigenvalue weighted by Crippen LogP contribution is -2.55. The number of ketones is 1. The molecule has 40 heavy (non-hydrogen) atoms. The molecule has 5 aliphatic rings. The molecule has 1 aliphatic heterocycles. The highest BCUT2D eigenvalue weighted by molar-refractivity contribution is 5.87. The van der Waals surface area contributed by atoms with Crippen molar-refractivity contribution in [2.75, 3.05) is 6.61 Å². The zero-order valence-electron chi connectivity index (χ0n) is 24.4. The standard InChI is InChI=1S/C31H44O9/c1-17(32)36-16-26-29(38-19(3)34)25(37-18(2)33)15-28(40-26)39-21-10-12-30(4)20(14-21)6-7-22-23-8-9-27(35)31(23,5)13-11-24(22)30/h6,21-26,28-29H,7-16H2,1-5H3/t21-,22-,23-,24-,25+,26+,28+,29-,30-,31-/m0/s1. The van der Waals surface area contributed by atoms with Crippen molar-refractivity contribution in [3.05, 3.63) is 11.6 Å². The third kappa shape index (κ3) is 5.48. The Hall–Kier alpha value is -2.26. The fourth-order valence-electron chi connectivity index (χ4n) is 8.71. The first-order chi connectivity index (χ1) is 18.9. The van der Waals surface area contributed by atoms with Crippen molar-refractivity contribution in [3.63, 3.8) is 0 Å². The van der Waals surface area contributed by atoms with E-state index >= 15 is 0 Å². The Balaban J connectivity index is 1.28. The summed E-state index contributed by atoms with van der Waals surface area (Å²) in [5.74, 6) is 0.591. The average molecular weight is 561 g/mol. The molecule has 0 bridgehead atoms. The van der Waals surface area contributed by atoms with E-state index in [9.17, 15) is 19.2 Å². The van der Waals surface area contributed by atoms with Crippen LogP contribution in [0, 0.1) is 28.6 Å². The Kier molecular flexibility index (Phi) is 8.18. The summed E-state index contributed by atoms with van der Waals surface area (Å²) < 4.78 is 28.8. The lowest BCUT2D eigenvalue weighted by atomic mass is 9.48. The van der Waals surface area contributed by atoms with Gasteiger partial charge in [-0.05, 0) is 68.1 Å². The number of Topliss-reactive ketones (excluding diaryl/α,β-unsaturated/α-hetero) is 1. The predicted octanol–water partition coefficient (Wildman–Crippen LogP) is 4.45. The smallest absolute Gasteiger partial charge is 0.303 e. The second-order valence-corrected chi connectivity index (χ2v) is 13.0. The Morgan fingerprint density at radius 1 is 0.950 bits per heavy atom. The maximum atomic E-state index is 12.7. The summed E-state index contributed by atoms with van der Waals surface area (Å²) in [7, 11) is 0. The summed E-state index contributed by atoms with van der Waals surface area (Å²) in [5, 5.41) is 0. The minimum Gasteiger partial charge on any atom is -0.463 e. The number of carbonyl (C=O) groups is 4. The third-order valence-corrected chi connectivity index (χ3v) is 10.7. The van der Waals surface area contributed by atoms with E-state index in [0.29, 0.717) is 23.5 Å². The molecule has 1 saturated heterocycles. The molecule has 0 amide bonds. The van der Waals surface area contributed by atoms with E-state index in [1.807, 2.05) is 0 Å². The molecule has 0 N–H and O–H groups in total. The fraction of sp³-hybridized carbons (Fsp3) is 0.806. The lowest BCUT2D eigenvalue weighted by molar-refractivity contribution is -0.278. The quantitative estimate of drug-likeness (QED) is 0.264. The van der Waals surface area contributed by atoms with Gasteiger partial charge in [0.2, 0.25) is 0 Å². The molecule has 222 valence electrons. The van der Waals surface area contributed by atoms with E-state index in [4.69, 9.17) is 23.7 Å². The van der Waals surface area contributed by atoms with E-state index in [0.717, 1.165) is 51.4 Å². The number of hydrogen-bond acceptors (Lipinski definition) is 9. The van der Waals surface area contributed by atoms with E-state index in [1.54, 1.807) is 0 Å². The van der Waals surface area contributed by atoms with Gasteiger partial charge in [-0.1, -0.05) is 25.5 Å². The van der Waals surface area contributed by atoms with Gasteiger partial charge < -0.3 is 23.7 Å². The monoisotopic (exact) mass is 560 g/mol. The van der Waals surface area contributed by atoms with Crippen LogP contribution < -0.4 is 0 Å². The number of fused-ring (bicyclic) bond motifs is 5. The van der Waals surface area contributed by atoms with Crippen molar-refractivity contribution >= 4 is 23.7 Å². The molecule has 9 heteroatoms. The van der Waals surface area contributed by atoms with Gasteiger partial charge in [0.25, 0.3) is 0 Å². The lowest BCUT2D eigenvalue weighted by Gasteiger charge is -2.57. The summed E-state index contributed by atoms with van der Waals surface area (Å²) >= 11 is 0. The molecule has 0 spiro atoms. The number of carbonyl (C=O) groups excluding carboxylic acids is 4. The molecule has 0 unspecified atom stereocenters. The van der Waals surface area contributed by atoms with Crippen LogP contribution in [0.1, 0.15) is 92.4 Å². The zero-order valence-corrected chi connectivity index (χ0v) is 24.4. The second-order valence-electron chi connectivity index (χ2n) is 13.0. The van der Waals surface area contributed by atoms with Crippen LogP contribution >= 0.6 is 0 Å². The summed E-state index contributed by atoms with van der Waals surface area (Å²) in [5.41, 5.74) is 1.42. The Labute approximate surface area is 236 Å². The van der Waals surface area contributed by atoms with Gasteiger partial charge in [-0.2, -0.15) is 0 Å². The Morgan fingerprint density at radius 3 is 2.35 bits per heavy atom. The Bertz CT molecular complexity index is 1070. The number of esters is 3. The van der Waals surface area contributed by atoms with Gasteiger partial charge in [-0.25, -0.2) is 0 Å². The van der Waals surface area contributed by atoms with Crippen molar-refractivity contribution in [1.82, 2.24) is 0 Å². The average Bonchev–Trinajstić information content (AvgIpc) is 3.18. The molecule has 4 aliphatic carbocycles. The van der Waals surface area contributed by atoms with Crippen LogP contribution in [0.5, 0.6) is 0 Å². The summed E-state index contributed by atoms with van der Waals surface area (Å²) in [6.45, 7) is 8.35. The maximum Gasteiger partial charge on any atom is 0.303 e. The third-order valence-electron chi connectivity index (χ3n) is 10.7. The molecule has 0 radical (unpaired) electrons. The number of rotatable bonds is 6. The molecular weight excluding hydrogens is 516 g/mol. The molecular formula is C31H44O9. The van der Waals surface area contributed by atoms with E-state index in [2.05, 4.69) is 19.9 Å². The molecule has 1 heterocycles. The number of allylic oxidation sites excluding steroid dienone is 1. The van der Waals surface area contributed by atoms with Crippen LogP contribution in [-0.2, 0) is 42.9 Å². The predicted molar refractivity (Wildman–Crippen MR) is 143 cm³/mol. The Morgan fingerprint density at radius 2 is 1.65 bits per heavy atom. The fourth-order valence-corrected chi connectivity index (χ4v) is 8.71. The molecule has 5 rings (SSSR count). The topological polar surface area (TPSA) is 114 Å². The van der Waals surface area contributed by atoms with E-state index in [1.165, 1.54) is 26.3 Å². The van der Waals surface area contributed by atoms with Gasteiger partial charge in [-0.3, -0.25) is 19.2 Å². The number of ether oxygens (including phenoxy) is 5. The van der Waals surface area contributed by atoms with Crippen LogP contribution in [0.25, 0.3) is 0 Å². The van der Waals surface area contributed by atoms with Crippen molar-refractivity contribution in [3.8, 4) is 0 Å². The molecule has 9 nitrogen and oxygen atoms in total. The van der Waals surface area contributed by atoms with Crippen molar-refractivity contribution in [2.24, 2.45) is 28.6 Å². The largest absolute Gasteiger partial charge is 0.463 e. The maximum absolute atomic E-state index is 12.7. The second kappa shape index (κ2) is 11.2. The SMILES string of the molecule is CC(=O)OC[C@H]1O[C@@H](O[C@H]2CC[C@@]3(C)C(=CC[C@@H]4[C@@H]3CC[C@]3(C)C(=O)CC[C@@H]43)C2)C[C@@H](OC(C)=O)[C@@H]1OC(C)=O. The van der Waals surface area contributed by atoms with Gasteiger partial charge in [0.1, 0.15) is 24.6 Å². The highest BCUT2D eigenvalue weighted by Gasteiger charge is 2.58. The normalized spacial score (nSPS) is 42.5. The minimum absolute atomic E-state index is 0.0691. The highest BCUT2D eigenvalue weighted by Crippen LogP contribution is 2.64. The molecule has 4 fully saturated rings. The molecule has 0 aromatic rings. The van der Waals surface area contributed by atoms with Gasteiger partial charge >= 0.3 is 17.9 Å². The summed E-state index contributed by atoms with van der Waals surface area (Å²) in [4.78, 5) is 47.9. The van der Waals surface area contributed by atoms with Crippen LogP contribution in [0.2, 0.25) is 0 Å².